The molecule has 0 bridgehead atoms. The van der Waals surface area contributed by atoms with Crippen LogP contribution in [0.3, 0.4) is 0 Å². The molecule has 0 aliphatic carbocycles. The second kappa shape index (κ2) is 7.72. The third-order valence-electron chi connectivity index (χ3n) is 2.65. The number of anilines is 1. The lowest BCUT2D eigenvalue weighted by Gasteiger charge is -2.25. The van der Waals surface area contributed by atoms with Gasteiger partial charge in [-0.15, -0.1) is 0 Å². The monoisotopic (exact) mass is 305 g/mol. The highest BCUT2D eigenvalue weighted by Gasteiger charge is 2.29. The van der Waals surface area contributed by atoms with Crippen molar-refractivity contribution in [2.45, 2.75) is 12.6 Å². The first-order chi connectivity index (χ1) is 9.89. The number of benzene rings is 1. The quantitative estimate of drug-likeness (QED) is 0.846. The Morgan fingerprint density at radius 3 is 2.62 bits per heavy atom. The van der Waals surface area contributed by atoms with Gasteiger partial charge in [-0.25, -0.2) is 4.79 Å². The molecule has 0 saturated carbocycles. The Kier molecular flexibility index (Phi) is 6.29. The molecule has 1 aromatic rings. The third kappa shape index (κ3) is 5.50. The van der Waals surface area contributed by atoms with E-state index in [1.165, 1.54) is 12.0 Å². The molecule has 0 radical (unpaired) electrons. The van der Waals surface area contributed by atoms with Gasteiger partial charge in [0.15, 0.2) is 0 Å². The Morgan fingerprint density at radius 1 is 1.38 bits per heavy atom. The van der Waals surface area contributed by atoms with Gasteiger partial charge in [0.05, 0.1) is 12.8 Å². The number of nitrogens with one attached hydrogen (secondary N) is 1. The molecule has 118 valence electrons. The number of halogens is 3. The number of ether oxygens (including phenoxy) is 1. The molecule has 1 rings (SSSR count). The van der Waals surface area contributed by atoms with E-state index in [2.05, 4.69) is 0 Å². The van der Waals surface area contributed by atoms with Gasteiger partial charge in [-0.1, -0.05) is 12.1 Å². The van der Waals surface area contributed by atoms with Crippen LogP contribution in [0.1, 0.15) is 6.42 Å². The van der Waals surface area contributed by atoms with Crippen molar-refractivity contribution in [3.63, 3.8) is 0 Å². The Labute approximate surface area is 120 Å². The highest BCUT2D eigenvalue weighted by Crippen LogP contribution is 2.28. The standard InChI is InChI=1S/C13H18F3N3O2/c1-21-11-6-3-2-5-10(11)19(8-4-7-17)12(20)18-9-13(14,15)16/h2-3,5-6H,4,7-9,17H2,1H3,(H,18,20). The molecule has 5 nitrogen and oxygen atoms in total. The molecule has 0 saturated heterocycles. The normalized spacial score (nSPS) is 11.1. The smallest absolute Gasteiger partial charge is 0.405 e. The maximum absolute atomic E-state index is 12.2. The van der Waals surface area contributed by atoms with Crippen LogP contribution in [0.25, 0.3) is 0 Å². The van der Waals surface area contributed by atoms with Gasteiger partial charge in [0.2, 0.25) is 0 Å². The minimum absolute atomic E-state index is 0.195. The summed E-state index contributed by atoms with van der Waals surface area (Å²) >= 11 is 0. The van der Waals surface area contributed by atoms with E-state index in [-0.39, 0.29) is 6.54 Å². The summed E-state index contributed by atoms with van der Waals surface area (Å²) in [5.74, 6) is 0.400. The van der Waals surface area contributed by atoms with Crippen LogP contribution < -0.4 is 20.7 Å². The van der Waals surface area contributed by atoms with Crippen LogP contribution in [0.5, 0.6) is 5.75 Å². The van der Waals surface area contributed by atoms with Crippen molar-refractivity contribution in [3.8, 4) is 5.75 Å². The lowest BCUT2D eigenvalue weighted by molar-refractivity contribution is -0.122. The van der Waals surface area contributed by atoms with Crippen LogP contribution in [-0.4, -0.2) is 39.0 Å². The van der Waals surface area contributed by atoms with E-state index >= 15 is 0 Å². The van der Waals surface area contributed by atoms with Gasteiger partial charge in [-0.3, -0.25) is 4.90 Å². The molecule has 0 heterocycles. The Bertz CT molecular complexity index is 466. The van der Waals surface area contributed by atoms with Crippen molar-refractivity contribution in [3.05, 3.63) is 24.3 Å². The van der Waals surface area contributed by atoms with E-state index < -0.39 is 18.8 Å². The summed E-state index contributed by atoms with van der Waals surface area (Å²) < 4.78 is 41.7. The number of alkyl halides is 3. The lowest BCUT2D eigenvalue weighted by Crippen LogP contribution is -2.44. The van der Waals surface area contributed by atoms with Gasteiger partial charge >= 0.3 is 12.2 Å². The van der Waals surface area contributed by atoms with Crippen molar-refractivity contribution in [2.24, 2.45) is 5.73 Å². The SMILES string of the molecule is COc1ccccc1N(CCCN)C(=O)NCC(F)(F)F. The third-order valence-corrected chi connectivity index (χ3v) is 2.65. The predicted octanol–water partition coefficient (Wildman–Crippen LogP) is 2.12. The zero-order valence-electron chi connectivity index (χ0n) is 11.6. The number of carbonyl (C=O) groups excluding carboxylic acids is 1. The fourth-order valence-electron chi connectivity index (χ4n) is 1.70. The molecule has 0 aromatic heterocycles. The molecule has 1 aromatic carbocycles. The molecular weight excluding hydrogens is 287 g/mol. The number of methoxy groups -OCH3 is 1. The summed E-state index contributed by atoms with van der Waals surface area (Å²) in [7, 11) is 1.42. The van der Waals surface area contributed by atoms with Crippen LogP contribution in [0, 0.1) is 0 Å². The van der Waals surface area contributed by atoms with Crippen molar-refractivity contribution in [1.82, 2.24) is 5.32 Å². The zero-order chi connectivity index (χ0) is 15.9. The second-order valence-electron chi connectivity index (χ2n) is 4.24. The molecule has 0 spiro atoms. The summed E-state index contributed by atoms with van der Waals surface area (Å²) in [6.07, 6.45) is -4.01. The molecule has 2 amide bonds. The van der Waals surface area contributed by atoms with Crippen molar-refractivity contribution in [2.75, 3.05) is 31.6 Å². The average molecular weight is 305 g/mol. The number of nitrogens with zero attached hydrogens (tertiary/aromatic N) is 1. The van der Waals surface area contributed by atoms with Gasteiger partial charge in [0, 0.05) is 6.54 Å². The summed E-state index contributed by atoms with van der Waals surface area (Å²) in [5.41, 5.74) is 5.80. The second-order valence-corrected chi connectivity index (χ2v) is 4.24. The van der Waals surface area contributed by atoms with E-state index in [0.717, 1.165) is 0 Å². The number of urea groups is 1. The van der Waals surface area contributed by atoms with Gasteiger partial charge in [0.25, 0.3) is 0 Å². The number of para-hydroxylation sites is 2. The van der Waals surface area contributed by atoms with Crippen molar-refractivity contribution < 1.29 is 22.7 Å². The number of hydrogen-bond acceptors (Lipinski definition) is 3. The maximum atomic E-state index is 12.2. The number of rotatable bonds is 6. The van der Waals surface area contributed by atoms with Gasteiger partial charge in [0.1, 0.15) is 12.3 Å². The first kappa shape index (κ1) is 17.1. The highest BCUT2D eigenvalue weighted by molar-refractivity contribution is 5.93. The van der Waals surface area contributed by atoms with E-state index in [0.29, 0.717) is 24.4 Å². The van der Waals surface area contributed by atoms with Crippen molar-refractivity contribution >= 4 is 11.7 Å². The van der Waals surface area contributed by atoms with E-state index in [9.17, 15) is 18.0 Å². The molecule has 0 atom stereocenters. The van der Waals surface area contributed by atoms with E-state index in [4.69, 9.17) is 10.5 Å². The highest BCUT2D eigenvalue weighted by atomic mass is 19.4. The first-order valence-electron chi connectivity index (χ1n) is 6.34. The van der Waals surface area contributed by atoms with Crippen LogP contribution in [0.4, 0.5) is 23.7 Å². The molecular formula is C13H18F3N3O2. The fourth-order valence-corrected chi connectivity index (χ4v) is 1.70. The number of carbonyl (C=O) groups is 1. The summed E-state index contributed by atoms with van der Waals surface area (Å²) in [4.78, 5) is 13.2. The van der Waals surface area contributed by atoms with Crippen LogP contribution in [0.15, 0.2) is 24.3 Å². The minimum Gasteiger partial charge on any atom is -0.495 e. The van der Waals surface area contributed by atoms with Crippen LogP contribution in [0.2, 0.25) is 0 Å². The lowest BCUT2D eigenvalue weighted by atomic mass is 10.2. The molecule has 0 aliphatic heterocycles. The zero-order valence-corrected chi connectivity index (χ0v) is 11.6. The van der Waals surface area contributed by atoms with Crippen LogP contribution in [-0.2, 0) is 0 Å². The number of amides is 2. The Balaban J connectivity index is 2.91. The minimum atomic E-state index is -4.46. The topological polar surface area (TPSA) is 67.6 Å². The molecule has 21 heavy (non-hydrogen) atoms. The largest absolute Gasteiger partial charge is 0.495 e. The number of hydrogen-bond donors (Lipinski definition) is 2. The van der Waals surface area contributed by atoms with Crippen molar-refractivity contribution in [1.29, 1.82) is 0 Å². The molecule has 0 fully saturated rings. The summed E-state index contributed by atoms with van der Waals surface area (Å²) in [6.45, 7) is -0.876. The molecule has 8 heteroatoms. The molecule has 0 aliphatic rings. The number of nitrogens with two attached hydrogens (primary N) is 1. The Morgan fingerprint density at radius 2 is 2.05 bits per heavy atom. The Hall–Kier alpha value is -1.96. The first-order valence-corrected chi connectivity index (χ1v) is 6.34. The van der Waals surface area contributed by atoms with Gasteiger partial charge in [-0.05, 0) is 25.1 Å². The van der Waals surface area contributed by atoms with E-state index in [1.807, 2.05) is 5.32 Å². The predicted molar refractivity (Wildman–Crippen MR) is 73.5 cm³/mol. The van der Waals surface area contributed by atoms with Gasteiger partial charge in [-0.2, -0.15) is 13.2 Å². The molecule has 0 unspecified atom stereocenters. The van der Waals surface area contributed by atoms with Gasteiger partial charge < -0.3 is 15.8 Å². The summed E-state index contributed by atoms with van der Waals surface area (Å²) in [6, 6.07) is 5.76. The summed E-state index contributed by atoms with van der Waals surface area (Å²) in [5, 5.41) is 1.85. The van der Waals surface area contributed by atoms with E-state index in [1.54, 1.807) is 24.3 Å². The van der Waals surface area contributed by atoms with Crippen LogP contribution >= 0.6 is 0 Å². The average Bonchev–Trinajstić information content (AvgIpc) is 2.45. The molecule has 3 N–H and O–H groups in total. The maximum Gasteiger partial charge on any atom is 0.405 e. The fraction of sp³-hybridized carbons (Fsp3) is 0.462.